The molecule has 4 nitrogen and oxygen atoms in total. The number of fused-ring (bicyclic) bond motifs is 6. The topological polar surface area (TPSA) is 35.6 Å². The second kappa shape index (κ2) is 9.03. The maximum atomic E-state index is 4.75. The molecule has 1 aliphatic carbocycles. The van der Waals surface area contributed by atoms with Crippen LogP contribution in [0.4, 0.5) is 0 Å². The van der Waals surface area contributed by atoms with E-state index in [-0.39, 0.29) is 0 Å². The van der Waals surface area contributed by atoms with Gasteiger partial charge in [0.1, 0.15) is 0 Å². The van der Waals surface area contributed by atoms with Crippen LogP contribution < -0.4 is 0 Å². The highest BCUT2D eigenvalue weighted by Crippen LogP contribution is 2.37. The lowest BCUT2D eigenvalue weighted by molar-refractivity contribution is 0.690. The molecule has 4 heterocycles. The fourth-order valence-corrected chi connectivity index (χ4v) is 6.73. The van der Waals surface area contributed by atoms with Gasteiger partial charge >= 0.3 is 0 Å². The van der Waals surface area contributed by atoms with Crippen LogP contribution in [-0.4, -0.2) is 19.1 Å². The lowest BCUT2D eigenvalue weighted by Gasteiger charge is -2.18. The number of aromatic nitrogens is 4. The molecule has 41 heavy (non-hydrogen) atoms. The molecule has 3 aromatic carbocycles. The van der Waals surface area contributed by atoms with Crippen LogP contribution in [0.5, 0.6) is 0 Å². The van der Waals surface area contributed by atoms with Crippen LogP contribution in [-0.2, 0) is 6.42 Å². The van der Waals surface area contributed by atoms with Gasteiger partial charge in [-0.25, -0.2) is 0 Å². The molecule has 1 aliphatic rings. The van der Waals surface area contributed by atoms with Crippen LogP contribution in [0.25, 0.3) is 61.5 Å². The molecule has 1 unspecified atom stereocenters. The Hall–Kier alpha value is -4.96. The van der Waals surface area contributed by atoms with Crippen LogP contribution >= 0.6 is 0 Å². The summed E-state index contributed by atoms with van der Waals surface area (Å²) >= 11 is 0. The second-order valence-electron chi connectivity index (χ2n) is 11.3. The van der Waals surface area contributed by atoms with E-state index in [9.17, 15) is 0 Å². The highest BCUT2D eigenvalue weighted by atomic mass is 15.0. The van der Waals surface area contributed by atoms with E-state index in [1.165, 1.54) is 55.6 Å². The van der Waals surface area contributed by atoms with Gasteiger partial charge in [0.05, 0.1) is 27.6 Å². The average Bonchev–Trinajstić information content (AvgIpc) is 3.50. The summed E-state index contributed by atoms with van der Waals surface area (Å²) in [5.41, 5.74) is 15.6. The van der Waals surface area contributed by atoms with E-state index >= 15 is 0 Å². The van der Waals surface area contributed by atoms with Gasteiger partial charge in [0.15, 0.2) is 0 Å². The van der Waals surface area contributed by atoms with E-state index in [0.29, 0.717) is 5.92 Å². The Bertz CT molecular complexity index is 2120. The average molecular weight is 531 g/mol. The second-order valence-corrected chi connectivity index (χ2v) is 11.3. The Morgan fingerprint density at radius 2 is 1.27 bits per heavy atom. The third-order valence-electron chi connectivity index (χ3n) is 8.62. The van der Waals surface area contributed by atoms with Crippen molar-refractivity contribution in [3.8, 4) is 22.5 Å². The molecule has 4 aromatic heterocycles. The van der Waals surface area contributed by atoms with Gasteiger partial charge in [0.2, 0.25) is 0 Å². The first-order valence-electron chi connectivity index (χ1n) is 14.3. The first-order chi connectivity index (χ1) is 20.1. The van der Waals surface area contributed by atoms with Crippen molar-refractivity contribution in [2.45, 2.75) is 27.2 Å². The van der Waals surface area contributed by atoms with E-state index in [4.69, 9.17) is 9.97 Å². The van der Waals surface area contributed by atoms with E-state index in [2.05, 4.69) is 115 Å². The minimum absolute atomic E-state index is 0.511. The van der Waals surface area contributed by atoms with Crippen LogP contribution in [0.3, 0.4) is 0 Å². The van der Waals surface area contributed by atoms with Gasteiger partial charge in [-0.2, -0.15) is 0 Å². The standard InChI is InChI=1S/C37H30N4/c1-23-12-15-31-35(20-23)41(34-11-7-19-39-37(31)34)27-14-17-29(25(3)22-27)28-16-13-26(21-24(28)2)40-32-9-5-4-8-30(32)36-33(40)10-6-18-38-36/h4-19,21-23H,20H2,1-3H3. The summed E-state index contributed by atoms with van der Waals surface area (Å²) in [7, 11) is 0. The molecule has 7 aromatic rings. The summed E-state index contributed by atoms with van der Waals surface area (Å²) in [5.74, 6) is 0.511. The van der Waals surface area contributed by atoms with Crippen molar-refractivity contribution < 1.29 is 0 Å². The molecule has 0 fully saturated rings. The number of hydrogen-bond donors (Lipinski definition) is 0. The van der Waals surface area contributed by atoms with Crippen LogP contribution in [0.15, 0.2) is 103 Å². The number of benzene rings is 3. The molecule has 0 amide bonds. The molecule has 0 saturated heterocycles. The summed E-state index contributed by atoms with van der Waals surface area (Å²) in [5, 5.41) is 1.18. The maximum Gasteiger partial charge on any atom is 0.0963 e. The van der Waals surface area contributed by atoms with Gasteiger partial charge in [-0.15, -0.1) is 0 Å². The molecular weight excluding hydrogens is 500 g/mol. The Labute approximate surface area is 239 Å². The molecule has 8 rings (SSSR count). The number of allylic oxidation sites excluding steroid dienone is 1. The summed E-state index contributed by atoms with van der Waals surface area (Å²) < 4.78 is 4.74. The molecule has 0 N–H and O–H groups in total. The largest absolute Gasteiger partial charge is 0.311 e. The molecule has 4 heteroatoms. The molecule has 1 atom stereocenters. The predicted octanol–water partition coefficient (Wildman–Crippen LogP) is 9.01. The van der Waals surface area contributed by atoms with Gasteiger partial charge in [-0.05, 0) is 103 Å². The SMILES string of the molecule is Cc1cc(-n2c3c(c4ncccc42)C=CC(C)C3)ccc1-c1ccc(-n2c3ccccc3c3ncccc32)cc1C. The highest BCUT2D eigenvalue weighted by molar-refractivity contribution is 6.07. The van der Waals surface area contributed by atoms with Crippen molar-refractivity contribution in [1.29, 1.82) is 0 Å². The number of nitrogens with zero attached hydrogens (tertiary/aromatic N) is 4. The number of para-hydroxylation sites is 1. The zero-order valence-electron chi connectivity index (χ0n) is 23.5. The third kappa shape index (κ3) is 3.60. The van der Waals surface area contributed by atoms with Gasteiger partial charge < -0.3 is 9.13 Å². The molecule has 0 aliphatic heterocycles. The number of hydrogen-bond acceptors (Lipinski definition) is 2. The van der Waals surface area contributed by atoms with Gasteiger partial charge in [-0.1, -0.05) is 49.4 Å². The smallest absolute Gasteiger partial charge is 0.0963 e. The first kappa shape index (κ1) is 23.9. The van der Waals surface area contributed by atoms with Crippen molar-refractivity contribution in [3.63, 3.8) is 0 Å². The number of pyridine rings is 2. The van der Waals surface area contributed by atoms with E-state index < -0.39 is 0 Å². The van der Waals surface area contributed by atoms with Crippen molar-refractivity contribution in [2.75, 3.05) is 0 Å². The van der Waals surface area contributed by atoms with Crippen LogP contribution in [0.2, 0.25) is 0 Å². The molecular formula is C37H30N4. The zero-order valence-corrected chi connectivity index (χ0v) is 23.5. The van der Waals surface area contributed by atoms with Crippen LogP contribution in [0.1, 0.15) is 29.3 Å². The highest BCUT2D eigenvalue weighted by Gasteiger charge is 2.22. The Morgan fingerprint density at radius 3 is 1.98 bits per heavy atom. The van der Waals surface area contributed by atoms with Crippen molar-refractivity contribution in [1.82, 2.24) is 19.1 Å². The minimum atomic E-state index is 0.511. The maximum absolute atomic E-state index is 4.75. The fourth-order valence-electron chi connectivity index (χ4n) is 6.73. The third-order valence-corrected chi connectivity index (χ3v) is 8.62. The minimum Gasteiger partial charge on any atom is -0.311 e. The monoisotopic (exact) mass is 530 g/mol. The van der Waals surface area contributed by atoms with E-state index in [1.54, 1.807) is 0 Å². The first-order valence-corrected chi connectivity index (χ1v) is 14.3. The van der Waals surface area contributed by atoms with Crippen molar-refractivity contribution in [3.05, 3.63) is 126 Å². The zero-order chi connectivity index (χ0) is 27.7. The van der Waals surface area contributed by atoms with Gasteiger partial charge in [0.25, 0.3) is 0 Å². The van der Waals surface area contributed by atoms with Crippen LogP contribution in [0, 0.1) is 19.8 Å². The quantitative estimate of drug-likeness (QED) is 0.228. The Morgan fingerprint density at radius 1 is 0.659 bits per heavy atom. The normalized spacial score (nSPS) is 14.8. The Balaban J connectivity index is 1.23. The number of aryl methyl sites for hydroxylation is 2. The van der Waals surface area contributed by atoms with Crippen molar-refractivity contribution in [2.24, 2.45) is 5.92 Å². The molecule has 0 saturated carbocycles. The molecule has 0 radical (unpaired) electrons. The van der Waals surface area contributed by atoms with Gasteiger partial charge in [-0.3, -0.25) is 9.97 Å². The van der Waals surface area contributed by atoms with Crippen molar-refractivity contribution >= 4 is 39.0 Å². The Kier molecular flexibility index (Phi) is 5.26. The summed E-state index contributed by atoms with van der Waals surface area (Å²) in [4.78, 5) is 9.46. The predicted molar refractivity (Wildman–Crippen MR) is 170 cm³/mol. The lowest BCUT2D eigenvalue weighted by Crippen LogP contribution is -2.08. The summed E-state index contributed by atoms with van der Waals surface area (Å²) in [6, 6.07) is 30.6. The molecule has 198 valence electrons. The fraction of sp³-hybridized carbons (Fsp3) is 0.135. The lowest BCUT2D eigenvalue weighted by atomic mass is 9.94. The van der Waals surface area contributed by atoms with Gasteiger partial charge in [0, 0.05) is 40.4 Å². The number of rotatable bonds is 3. The molecule has 0 bridgehead atoms. The summed E-state index contributed by atoms with van der Waals surface area (Å²) in [6.45, 7) is 6.72. The van der Waals surface area contributed by atoms with E-state index in [1.807, 2.05) is 24.5 Å². The summed E-state index contributed by atoms with van der Waals surface area (Å²) in [6.07, 6.45) is 9.35. The van der Waals surface area contributed by atoms with E-state index in [0.717, 1.165) is 28.7 Å². The molecule has 0 spiro atoms.